The first-order chi connectivity index (χ1) is 8.63. The van der Waals surface area contributed by atoms with E-state index in [0.29, 0.717) is 19.0 Å². The first-order valence-electron chi connectivity index (χ1n) is 5.97. The lowest BCUT2D eigenvalue weighted by Crippen LogP contribution is -2.20. The van der Waals surface area contributed by atoms with E-state index >= 15 is 0 Å². The minimum Gasteiger partial charge on any atom is -0.512 e. The molecule has 6 heteroatoms. The maximum atomic E-state index is 8.68. The highest BCUT2D eigenvalue weighted by molar-refractivity contribution is 6.33. The monoisotopic (exact) mass is 254 g/mol. The summed E-state index contributed by atoms with van der Waals surface area (Å²) in [5, 5.41) is 17.4. The number of hydrogen-bond acceptors (Lipinski definition) is 5. The molecule has 0 spiro atoms. The van der Waals surface area contributed by atoms with E-state index in [1.165, 1.54) is 0 Å². The van der Waals surface area contributed by atoms with Gasteiger partial charge in [-0.1, -0.05) is 6.92 Å². The van der Waals surface area contributed by atoms with Crippen LogP contribution >= 0.6 is 0 Å². The molecule has 0 aliphatic heterocycles. The molecule has 0 aliphatic carbocycles. The van der Waals surface area contributed by atoms with Gasteiger partial charge in [0.05, 0.1) is 6.61 Å². The van der Waals surface area contributed by atoms with Crippen LogP contribution in [0.5, 0.6) is 11.5 Å². The predicted octanol–water partition coefficient (Wildman–Crippen LogP) is 1.15. The van der Waals surface area contributed by atoms with E-state index < -0.39 is 7.32 Å². The fourth-order valence-corrected chi connectivity index (χ4v) is 1.44. The van der Waals surface area contributed by atoms with Gasteiger partial charge in [0.2, 0.25) is 0 Å². The van der Waals surface area contributed by atoms with Gasteiger partial charge in [-0.3, -0.25) is 0 Å². The second-order valence-electron chi connectivity index (χ2n) is 3.83. The predicted molar refractivity (Wildman–Crippen MR) is 68.6 cm³/mol. The SMILES string of the molecule is CCCOCCOc1ccc(OB(O)O)cc1C. The molecule has 0 aromatic heterocycles. The third-order valence-corrected chi connectivity index (χ3v) is 2.22. The van der Waals surface area contributed by atoms with Crippen LogP contribution in [0, 0.1) is 6.92 Å². The molecule has 1 aromatic carbocycles. The molecule has 0 radical (unpaired) electrons. The van der Waals surface area contributed by atoms with Gasteiger partial charge in [0, 0.05) is 6.61 Å². The average Bonchev–Trinajstić information content (AvgIpc) is 2.30. The Hall–Kier alpha value is -1.24. The molecule has 18 heavy (non-hydrogen) atoms. The summed E-state index contributed by atoms with van der Waals surface area (Å²) in [6.45, 7) is 5.70. The fraction of sp³-hybridized carbons (Fsp3) is 0.500. The van der Waals surface area contributed by atoms with Crippen molar-refractivity contribution in [3.63, 3.8) is 0 Å². The van der Waals surface area contributed by atoms with Crippen molar-refractivity contribution in [1.29, 1.82) is 0 Å². The van der Waals surface area contributed by atoms with Crippen molar-refractivity contribution in [3.8, 4) is 11.5 Å². The number of benzene rings is 1. The quantitative estimate of drug-likeness (QED) is 0.538. The largest absolute Gasteiger partial charge is 0.707 e. The zero-order chi connectivity index (χ0) is 13.4. The third kappa shape index (κ3) is 5.40. The van der Waals surface area contributed by atoms with E-state index in [1.54, 1.807) is 18.2 Å². The number of aryl methyl sites for hydroxylation is 1. The Balaban J connectivity index is 2.42. The molecule has 100 valence electrons. The summed E-state index contributed by atoms with van der Waals surface area (Å²) in [5.41, 5.74) is 0.864. The highest BCUT2D eigenvalue weighted by atomic mass is 16.6. The Labute approximate surface area is 107 Å². The molecule has 5 nitrogen and oxygen atoms in total. The first-order valence-corrected chi connectivity index (χ1v) is 5.97. The van der Waals surface area contributed by atoms with Crippen molar-refractivity contribution >= 4 is 7.32 Å². The Morgan fingerprint density at radius 2 is 1.94 bits per heavy atom. The Bertz CT molecular complexity index is 356. The van der Waals surface area contributed by atoms with Gasteiger partial charge in [0.25, 0.3) is 0 Å². The molecule has 0 atom stereocenters. The summed E-state index contributed by atoms with van der Waals surface area (Å²) >= 11 is 0. The molecule has 1 aromatic rings. The summed E-state index contributed by atoms with van der Waals surface area (Å²) in [5.74, 6) is 1.12. The van der Waals surface area contributed by atoms with Gasteiger partial charge in [0.15, 0.2) is 0 Å². The van der Waals surface area contributed by atoms with Crippen LogP contribution in [0.4, 0.5) is 0 Å². The van der Waals surface area contributed by atoms with Crippen LogP contribution in [-0.4, -0.2) is 37.2 Å². The summed E-state index contributed by atoms with van der Waals surface area (Å²) in [6.07, 6.45) is 0.995. The van der Waals surface area contributed by atoms with Gasteiger partial charge in [-0.25, -0.2) is 0 Å². The lowest BCUT2D eigenvalue weighted by molar-refractivity contribution is 0.100. The molecule has 0 fully saturated rings. The highest BCUT2D eigenvalue weighted by Crippen LogP contribution is 2.23. The summed E-state index contributed by atoms with van der Waals surface area (Å²) in [7, 11) is -1.81. The minimum absolute atomic E-state index is 0.386. The van der Waals surface area contributed by atoms with Crippen molar-refractivity contribution in [1.82, 2.24) is 0 Å². The highest BCUT2D eigenvalue weighted by Gasteiger charge is 2.11. The van der Waals surface area contributed by atoms with E-state index in [2.05, 4.69) is 6.92 Å². The second kappa shape index (κ2) is 7.97. The minimum atomic E-state index is -1.81. The Morgan fingerprint density at radius 1 is 1.17 bits per heavy atom. The van der Waals surface area contributed by atoms with Crippen LogP contribution in [0.15, 0.2) is 18.2 Å². The van der Waals surface area contributed by atoms with Crippen LogP contribution in [0.1, 0.15) is 18.9 Å². The van der Waals surface area contributed by atoms with Gasteiger partial charge in [-0.05, 0) is 37.1 Å². The number of rotatable bonds is 8. The van der Waals surface area contributed by atoms with E-state index in [-0.39, 0.29) is 0 Å². The van der Waals surface area contributed by atoms with Crippen LogP contribution in [0.25, 0.3) is 0 Å². The van der Waals surface area contributed by atoms with Gasteiger partial charge in [-0.15, -0.1) is 0 Å². The maximum Gasteiger partial charge on any atom is 0.707 e. The summed E-state index contributed by atoms with van der Waals surface area (Å²) in [6, 6.07) is 5.03. The lowest BCUT2D eigenvalue weighted by Gasteiger charge is -2.11. The molecule has 0 aliphatic rings. The molecule has 1 rings (SSSR count). The Morgan fingerprint density at radius 3 is 2.56 bits per heavy atom. The van der Waals surface area contributed by atoms with E-state index in [4.69, 9.17) is 24.2 Å². The van der Waals surface area contributed by atoms with Crippen LogP contribution < -0.4 is 9.39 Å². The fourth-order valence-electron chi connectivity index (χ4n) is 1.44. The van der Waals surface area contributed by atoms with E-state index in [1.807, 2.05) is 6.92 Å². The molecule has 0 saturated carbocycles. The topological polar surface area (TPSA) is 68.2 Å². The van der Waals surface area contributed by atoms with Gasteiger partial charge < -0.3 is 24.2 Å². The first kappa shape index (κ1) is 14.8. The van der Waals surface area contributed by atoms with Crippen LogP contribution in [0.3, 0.4) is 0 Å². The standard InChI is InChI=1S/C12H19BO5/c1-3-6-16-7-8-17-12-5-4-11(9-10(12)2)18-13(14)15/h4-5,9,14-15H,3,6-8H2,1-2H3. The maximum absolute atomic E-state index is 8.68. The summed E-state index contributed by atoms with van der Waals surface area (Å²) < 4.78 is 15.6. The molecule has 0 unspecified atom stereocenters. The van der Waals surface area contributed by atoms with Crippen molar-refractivity contribution in [2.75, 3.05) is 19.8 Å². The lowest BCUT2D eigenvalue weighted by atomic mass is 10.2. The van der Waals surface area contributed by atoms with Crippen LogP contribution in [0.2, 0.25) is 0 Å². The molecular formula is C12H19BO5. The molecule has 0 amide bonds. The molecule has 0 bridgehead atoms. The van der Waals surface area contributed by atoms with E-state index in [9.17, 15) is 0 Å². The second-order valence-corrected chi connectivity index (χ2v) is 3.83. The normalized spacial score (nSPS) is 10.2. The zero-order valence-corrected chi connectivity index (χ0v) is 10.8. The van der Waals surface area contributed by atoms with Gasteiger partial charge >= 0.3 is 7.32 Å². The summed E-state index contributed by atoms with van der Waals surface area (Å²) in [4.78, 5) is 0. The average molecular weight is 254 g/mol. The molecular weight excluding hydrogens is 235 g/mol. The molecule has 0 heterocycles. The van der Waals surface area contributed by atoms with Crippen molar-refractivity contribution in [2.45, 2.75) is 20.3 Å². The van der Waals surface area contributed by atoms with Gasteiger partial charge in [0.1, 0.15) is 18.1 Å². The van der Waals surface area contributed by atoms with Crippen molar-refractivity contribution in [2.24, 2.45) is 0 Å². The number of hydrogen-bond donors (Lipinski definition) is 2. The van der Waals surface area contributed by atoms with Crippen molar-refractivity contribution in [3.05, 3.63) is 23.8 Å². The number of ether oxygens (including phenoxy) is 2. The molecule has 0 saturated heterocycles. The molecule has 2 N–H and O–H groups in total. The smallest absolute Gasteiger partial charge is 0.512 e. The van der Waals surface area contributed by atoms with E-state index in [0.717, 1.165) is 24.3 Å². The zero-order valence-electron chi connectivity index (χ0n) is 10.8. The third-order valence-electron chi connectivity index (χ3n) is 2.22. The van der Waals surface area contributed by atoms with Crippen molar-refractivity contribution < 1.29 is 24.2 Å². The van der Waals surface area contributed by atoms with Crippen LogP contribution in [-0.2, 0) is 4.74 Å². The Kier molecular flexibility index (Phi) is 6.56. The van der Waals surface area contributed by atoms with Gasteiger partial charge in [-0.2, -0.15) is 0 Å².